The predicted molar refractivity (Wildman–Crippen MR) is 141 cm³/mol. The number of anilines is 1. The molecule has 0 spiro atoms. The molecule has 0 aliphatic carbocycles. The second-order valence-corrected chi connectivity index (χ2v) is 10.1. The van der Waals surface area contributed by atoms with Crippen LogP contribution in [0.4, 0.5) is 5.69 Å². The highest BCUT2D eigenvalue weighted by molar-refractivity contribution is 7.99. The SMILES string of the molecule is Cn1cnnc1SC[C@@H]1C[C@H](c2ccc(CO)cc2)O[C@H](c2cccc(NC(=O)CCCCC(=O)O)c2)O1. The molecule has 38 heavy (non-hydrogen) atoms. The van der Waals surface area contributed by atoms with Gasteiger partial charge in [-0.1, -0.05) is 48.2 Å². The number of rotatable bonds is 12. The largest absolute Gasteiger partial charge is 0.481 e. The van der Waals surface area contributed by atoms with Gasteiger partial charge in [-0.25, -0.2) is 0 Å². The van der Waals surface area contributed by atoms with E-state index in [1.165, 1.54) is 0 Å². The van der Waals surface area contributed by atoms with Gasteiger partial charge in [-0.3, -0.25) is 9.59 Å². The topological polar surface area (TPSA) is 136 Å². The average Bonchev–Trinajstić information content (AvgIpc) is 3.34. The number of thioether (sulfide) groups is 1. The molecule has 1 fully saturated rings. The summed E-state index contributed by atoms with van der Waals surface area (Å²) in [5.41, 5.74) is 3.23. The van der Waals surface area contributed by atoms with Crippen LogP contribution in [0.25, 0.3) is 0 Å². The maximum atomic E-state index is 12.4. The summed E-state index contributed by atoms with van der Waals surface area (Å²) >= 11 is 1.57. The first kappa shape index (κ1) is 27.8. The second kappa shape index (κ2) is 13.5. The van der Waals surface area contributed by atoms with E-state index in [9.17, 15) is 14.7 Å². The van der Waals surface area contributed by atoms with E-state index >= 15 is 0 Å². The van der Waals surface area contributed by atoms with Gasteiger partial charge in [0.05, 0.1) is 18.8 Å². The third-order valence-electron chi connectivity index (χ3n) is 6.17. The number of nitrogens with zero attached hydrogens (tertiary/aromatic N) is 3. The summed E-state index contributed by atoms with van der Waals surface area (Å²) in [6, 6.07) is 15.1. The maximum Gasteiger partial charge on any atom is 0.303 e. The molecule has 0 unspecified atom stereocenters. The average molecular weight is 541 g/mol. The van der Waals surface area contributed by atoms with Gasteiger partial charge < -0.3 is 29.6 Å². The van der Waals surface area contributed by atoms with Gasteiger partial charge in [-0.15, -0.1) is 10.2 Å². The molecular weight excluding hydrogens is 508 g/mol. The molecule has 3 aromatic rings. The first-order valence-corrected chi connectivity index (χ1v) is 13.5. The minimum absolute atomic E-state index is 0.0213. The minimum atomic E-state index is -0.860. The van der Waals surface area contributed by atoms with E-state index < -0.39 is 12.3 Å². The lowest BCUT2D eigenvalue weighted by Gasteiger charge is -2.36. The summed E-state index contributed by atoms with van der Waals surface area (Å²) in [5.74, 6) is -0.371. The van der Waals surface area contributed by atoms with Gasteiger partial charge in [-0.05, 0) is 36.1 Å². The Balaban J connectivity index is 1.45. The van der Waals surface area contributed by atoms with Crippen molar-refractivity contribution in [2.24, 2.45) is 7.05 Å². The quantitative estimate of drug-likeness (QED) is 0.228. The van der Waals surface area contributed by atoms with E-state index in [1.54, 1.807) is 24.2 Å². The molecule has 1 aliphatic heterocycles. The van der Waals surface area contributed by atoms with Crippen molar-refractivity contribution in [2.75, 3.05) is 11.1 Å². The van der Waals surface area contributed by atoms with Gasteiger partial charge in [0.1, 0.15) is 6.33 Å². The molecule has 2 heterocycles. The van der Waals surface area contributed by atoms with E-state index in [0.717, 1.165) is 21.8 Å². The molecule has 2 aromatic carbocycles. The van der Waals surface area contributed by atoms with Gasteiger partial charge >= 0.3 is 5.97 Å². The summed E-state index contributed by atoms with van der Waals surface area (Å²) in [5, 5.41) is 29.9. The number of aliphatic hydroxyl groups is 1. The van der Waals surface area contributed by atoms with Crippen LogP contribution in [0.1, 0.15) is 61.2 Å². The molecule has 1 aliphatic rings. The van der Waals surface area contributed by atoms with Crippen LogP contribution in [0, 0.1) is 0 Å². The smallest absolute Gasteiger partial charge is 0.303 e. The van der Waals surface area contributed by atoms with Crippen LogP contribution >= 0.6 is 11.8 Å². The molecule has 0 radical (unpaired) electrons. The number of nitrogens with one attached hydrogen (secondary N) is 1. The number of ether oxygens (including phenoxy) is 2. The lowest BCUT2D eigenvalue weighted by atomic mass is 10.0. The number of carbonyl (C=O) groups is 2. The molecule has 3 N–H and O–H groups in total. The molecule has 0 saturated carbocycles. The van der Waals surface area contributed by atoms with Gasteiger partial charge in [0.25, 0.3) is 0 Å². The third kappa shape index (κ3) is 7.87. The van der Waals surface area contributed by atoms with Crippen molar-refractivity contribution < 1.29 is 29.3 Å². The molecule has 4 rings (SSSR count). The van der Waals surface area contributed by atoms with Crippen molar-refractivity contribution in [1.29, 1.82) is 0 Å². The monoisotopic (exact) mass is 540 g/mol. The first-order valence-electron chi connectivity index (χ1n) is 12.5. The number of aliphatic hydroxyl groups excluding tert-OH is 1. The zero-order chi connectivity index (χ0) is 26.9. The Kier molecular flexibility index (Phi) is 9.88. The summed E-state index contributed by atoms with van der Waals surface area (Å²) in [6.45, 7) is -0.0213. The van der Waals surface area contributed by atoms with Crippen LogP contribution in [0.5, 0.6) is 0 Å². The fourth-order valence-electron chi connectivity index (χ4n) is 4.14. The fourth-order valence-corrected chi connectivity index (χ4v) is 5.05. The van der Waals surface area contributed by atoms with Crippen LogP contribution < -0.4 is 5.32 Å². The Morgan fingerprint density at radius 2 is 1.89 bits per heavy atom. The van der Waals surface area contributed by atoms with E-state index in [4.69, 9.17) is 14.6 Å². The van der Waals surface area contributed by atoms with Gasteiger partial charge in [0.2, 0.25) is 5.91 Å². The Bertz CT molecular complexity index is 1220. The number of aromatic nitrogens is 3. The Morgan fingerprint density at radius 3 is 2.61 bits per heavy atom. The number of carbonyl (C=O) groups excluding carboxylic acids is 1. The molecule has 1 amide bonds. The Hall–Kier alpha value is -3.25. The number of amides is 1. The molecule has 1 aromatic heterocycles. The van der Waals surface area contributed by atoms with Crippen LogP contribution in [-0.2, 0) is 32.7 Å². The first-order chi connectivity index (χ1) is 18.4. The lowest BCUT2D eigenvalue weighted by molar-refractivity contribution is -0.245. The molecule has 3 atom stereocenters. The highest BCUT2D eigenvalue weighted by Gasteiger charge is 2.32. The van der Waals surface area contributed by atoms with Crippen LogP contribution in [0.15, 0.2) is 60.0 Å². The van der Waals surface area contributed by atoms with Crippen molar-refractivity contribution in [1.82, 2.24) is 14.8 Å². The predicted octanol–water partition coefficient (Wildman–Crippen LogP) is 4.23. The number of unbranched alkanes of at least 4 members (excludes halogenated alkanes) is 1. The number of aryl methyl sites for hydroxylation is 1. The van der Waals surface area contributed by atoms with Crippen LogP contribution in [-0.4, -0.2) is 48.7 Å². The molecule has 10 nitrogen and oxygen atoms in total. The summed E-state index contributed by atoms with van der Waals surface area (Å²) in [6.07, 6.45) is 2.57. The van der Waals surface area contributed by atoms with Gasteiger partial charge in [-0.2, -0.15) is 0 Å². The summed E-state index contributed by atoms with van der Waals surface area (Å²) < 4.78 is 14.6. The normalized spacial score (nSPS) is 19.3. The minimum Gasteiger partial charge on any atom is -0.481 e. The maximum absolute atomic E-state index is 12.4. The van der Waals surface area contributed by atoms with Crippen molar-refractivity contribution >= 4 is 29.3 Å². The van der Waals surface area contributed by atoms with E-state index in [0.29, 0.717) is 30.7 Å². The highest BCUT2D eigenvalue weighted by atomic mass is 32.2. The number of benzene rings is 2. The standard InChI is InChI=1S/C27H32N4O6S/c1-31-17-28-30-27(31)38-16-22-14-23(19-11-9-18(15-32)10-12-19)37-26(36-22)20-5-4-6-21(13-20)29-24(33)7-2-3-8-25(34)35/h4-6,9-13,17,22-23,26,32H,2-3,7-8,14-16H2,1H3,(H,29,33)(H,34,35)/t22-,23+,26+/m0/s1. The second-order valence-electron chi connectivity index (χ2n) is 9.16. The molecule has 1 saturated heterocycles. The summed E-state index contributed by atoms with van der Waals surface area (Å²) in [4.78, 5) is 23.0. The Morgan fingerprint density at radius 1 is 1.11 bits per heavy atom. The molecule has 202 valence electrons. The molecule has 0 bridgehead atoms. The van der Waals surface area contributed by atoms with Crippen molar-refractivity contribution in [2.45, 2.75) is 62.4 Å². The highest BCUT2D eigenvalue weighted by Crippen LogP contribution is 2.39. The van der Waals surface area contributed by atoms with Gasteiger partial charge in [0.15, 0.2) is 11.4 Å². The van der Waals surface area contributed by atoms with Crippen molar-refractivity contribution in [3.63, 3.8) is 0 Å². The number of carboxylic acids is 1. The number of carboxylic acid groups (broad SMARTS) is 1. The fraction of sp³-hybridized carbons (Fsp3) is 0.407. The Labute approximate surface area is 225 Å². The summed E-state index contributed by atoms with van der Waals surface area (Å²) in [7, 11) is 1.90. The van der Waals surface area contributed by atoms with E-state index in [1.807, 2.05) is 54.1 Å². The van der Waals surface area contributed by atoms with E-state index in [-0.39, 0.29) is 37.6 Å². The van der Waals surface area contributed by atoms with Crippen LogP contribution in [0.2, 0.25) is 0 Å². The van der Waals surface area contributed by atoms with Crippen LogP contribution in [0.3, 0.4) is 0 Å². The number of hydrogen-bond donors (Lipinski definition) is 3. The number of aliphatic carboxylic acids is 1. The zero-order valence-electron chi connectivity index (χ0n) is 21.2. The van der Waals surface area contributed by atoms with E-state index in [2.05, 4.69) is 15.5 Å². The zero-order valence-corrected chi connectivity index (χ0v) is 22.0. The van der Waals surface area contributed by atoms with Crippen molar-refractivity contribution in [3.05, 3.63) is 71.5 Å². The molecular formula is C27H32N4O6S. The van der Waals surface area contributed by atoms with Gasteiger partial charge in [0, 0.05) is 43.3 Å². The van der Waals surface area contributed by atoms with Crippen molar-refractivity contribution in [3.8, 4) is 0 Å². The molecule has 11 heteroatoms. The third-order valence-corrected chi connectivity index (χ3v) is 7.34. The number of hydrogen-bond acceptors (Lipinski definition) is 8. The lowest BCUT2D eigenvalue weighted by Crippen LogP contribution is -2.31.